The first kappa shape index (κ1) is 17.0. The van der Waals surface area contributed by atoms with Gasteiger partial charge in [0, 0.05) is 17.9 Å². The zero-order valence-electron chi connectivity index (χ0n) is 15.1. The Morgan fingerprint density at radius 2 is 1.41 bits per heavy atom. The van der Waals surface area contributed by atoms with Crippen LogP contribution >= 0.6 is 0 Å². The van der Waals surface area contributed by atoms with Crippen LogP contribution in [0.4, 0.5) is 0 Å². The summed E-state index contributed by atoms with van der Waals surface area (Å²) in [6.07, 6.45) is 0.650. The summed E-state index contributed by atoms with van der Waals surface area (Å²) in [6.45, 7) is 0. The number of benzene rings is 3. The van der Waals surface area contributed by atoms with Crippen LogP contribution in [0.3, 0.4) is 0 Å². The zero-order chi connectivity index (χ0) is 18.5. The predicted octanol–water partition coefficient (Wildman–Crippen LogP) is 5.12. The number of aromatic nitrogens is 2. The highest BCUT2D eigenvalue weighted by atomic mass is 16.5. The number of hydrogen-bond acceptors (Lipinski definition) is 4. The fraction of sp³-hybridized carbons (Fsp3) is 0.130. The van der Waals surface area contributed by atoms with Gasteiger partial charge in [-0.3, -0.25) is 0 Å². The van der Waals surface area contributed by atoms with Crippen molar-refractivity contribution in [2.75, 3.05) is 7.11 Å². The van der Waals surface area contributed by atoms with Gasteiger partial charge in [-0.2, -0.15) is 4.98 Å². The molecule has 0 bridgehead atoms. The average Bonchev–Trinajstić information content (AvgIpc) is 3.22. The Bertz CT molecular complexity index is 940. The quantitative estimate of drug-likeness (QED) is 0.481. The van der Waals surface area contributed by atoms with Gasteiger partial charge in [-0.05, 0) is 35.4 Å². The van der Waals surface area contributed by atoms with Gasteiger partial charge in [0.1, 0.15) is 5.75 Å². The summed E-state index contributed by atoms with van der Waals surface area (Å²) in [7, 11) is 1.65. The third-order valence-corrected chi connectivity index (χ3v) is 4.60. The minimum atomic E-state index is 0.163. The Labute approximate surface area is 158 Å². The van der Waals surface area contributed by atoms with Gasteiger partial charge in [0.15, 0.2) is 0 Å². The lowest BCUT2D eigenvalue weighted by molar-refractivity contribution is 0.374. The second-order valence-electron chi connectivity index (χ2n) is 6.32. The molecule has 4 aromatic rings. The largest absolute Gasteiger partial charge is 0.497 e. The summed E-state index contributed by atoms with van der Waals surface area (Å²) >= 11 is 0. The van der Waals surface area contributed by atoms with E-state index >= 15 is 0 Å². The first-order valence-electron chi connectivity index (χ1n) is 8.90. The summed E-state index contributed by atoms with van der Waals surface area (Å²) in [4.78, 5) is 4.61. The molecular weight excluding hydrogens is 336 g/mol. The molecule has 4 nitrogen and oxygen atoms in total. The molecule has 0 fully saturated rings. The standard InChI is InChI=1S/C23H20N2O2/c1-26-20-14-12-19(13-15-20)23-24-22(27-25-23)16-21(17-8-4-2-5-9-17)18-10-6-3-7-11-18/h2-15,21H,16H2,1H3. The zero-order valence-corrected chi connectivity index (χ0v) is 15.1. The van der Waals surface area contributed by atoms with Crippen LogP contribution in [0.25, 0.3) is 11.4 Å². The first-order chi connectivity index (χ1) is 13.3. The summed E-state index contributed by atoms with van der Waals surface area (Å²) < 4.78 is 10.8. The summed E-state index contributed by atoms with van der Waals surface area (Å²) in [5, 5.41) is 4.16. The molecule has 0 aliphatic rings. The van der Waals surface area contributed by atoms with Gasteiger partial charge in [0.2, 0.25) is 11.7 Å². The molecule has 0 atom stereocenters. The van der Waals surface area contributed by atoms with E-state index in [1.165, 1.54) is 11.1 Å². The molecule has 1 aromatic heterocycles. The molecule has 4 heteroatoms. The van der Waals surface area contributed by atoms with E-state index in [0.717, 1.165) is 11.3 Å². The molecule has 0 saturated heterocycles. The predicted molar refractivity (Wildman–Crippen MR) is 105 cm³/mol. The third-order valence-electron chi connectivity index (χ3n) is 4.60. The fourth-order valence-corrected chi connectivity index (χ4v) is 3.17. The Morgan fingerprint density at radius 1 is 0.815 bits per heavy atom. The van der Waals surface area contributed by atoms with Crippen molar-refractivity contribution in [2.24, 2.45) is 0 Å². The Kier molecular flexibility index (Phi) is 4.97. The smallest absolute Gasteiger partial charge is 0.227 e. The molecule has 0 aliphatic carbocycles. The molecule has 134 valence electrons. The Balaban J connectivity index is 1.61. The fourth-order valence-electron chi connectivity index (χ4n) is 3.17. The topological polar surface area (TPSA) is 48.2 Å². The normalized spacial score (nSPS) is 10.9. The Hall–Kier alpha value is -3.40. The third kappa shape index (κ3) is 3.90. The van der Waals surface area contributed by atoms with Crippen LogP contribution in [0.15, 0.2) is 89.5 Å². The summed E-state index contributed by atoms with van der Waals surface area (Å²) in [5.74, 6) is 2.18. The number of rotatable bonds is 6. The van der Waals surface area contributed by atoms with Crippen LogP contribution in [0, 0.1) is 0 Å². The van der Waals surface area contributed by atoms with Crippen molar-refractivity contribution >= 4 is 0 Å². The van der Waals surface area contributed by atoms with E-state index in [9.17, 15) is 0 Å². The van der Waals surface area contributed by atoms with Gasteiger partial charge >= 0.3 is 0 Å². The maximum absolute atomic E-state index is 5.56. The molecule has 3 aromatic carbocycles. The molecular formula is C23H20N2O2. The molecule has 4 rings (SSSR count). The van der Waals surface area contributed by atoms with Crippen LogP contribution < -0.4 is 4.74 Å². The molecule has 0 aliphatic heterocycles. The number of nitrogens with zero attached hydrogens (tertiary/aromatic N) is 2. The molecule has 0 saturated carbocycles. The molecule has 0 unspecified atom stereocenters. The lowest BCUT2D eigenvalue weighted by atomic mass is 9.88. The SMILES string of the molecule is COc1ccc(-c2noc(CC(c3ccccc3)c3ccccc3)n2)cc1. The van der Waals surface area contributed by atoms with Crippen molar-refractivity contribution in [1.29, 1.82) is 0 Å². The highest BCUT2D eigenvalue weighted by molar-refractivity contribution is 5.55. The van der Waals surface area contributed by atoms with Gasteiger partial charge in [0.05, 0.1) is 7.11 Å². The maximum Gasteiger partial charge on any atom is 0.227 e. The van der Waals surface area contributed by atoms with Crippen LogP contribution in [-0.2, 0) is 6.42 Å². The van der Waals surface area contributed by atoms with Gasteiger partial charge in [-0.25, -0.2) is 0 Å². The lowest BCUT2D eigenvalue weighted by Crippen LogP contribution is -2.05. The van der Waals surface area contributed by atoms with E-state index in [-0.39, 0.29) is 5.92 Å². The van der Waals surface area contributed by atoms with Crippen molar-refractivity contribution in [1.82, 2.24) is 10.1 Å². The highest BCUT2D eigenvalue weighted by Crippen LogP contribution is 2.29. The molecule has 0 N–H and O–H groups in total. The minimum Gasteiger partial charge on any atom is -0.497 e. The van der Waals surface area contributed by atoms with E-state index in [4.69, 9.17) is 9.26 Å². The van der Waals surface area contributed by atoms with Crippen LogP contribution in [0.5, 0.6) is 5.75 Å². The van der Waals surface area contributed by atoms with Gasteiger partial charge in [0.25, 0.3) is 0 Å². The minimum absolute atomic E-state index is 0.163. The monoisotopic (exact) mass is 356 g/mol. The molecule has 0 amide bonds. The van der Waals surface area contributed by atoms with E-state index < -0.39 is 0 Å². The van der Waals surface area contributed by atoms with Crippen molar-refractivity contribution < 1.29 is 9.26 Å². The maximum atomic E-state index is 5.56. The van der Waals surface area contributed by atoms with Crippen molar-refractivity contribution in [3.8, 4) is 17.1 Å². The summed E-state index contributed by atoms with van der Waals surface area (Å²) in [6, 6.07) is 28.5. The van der Waals surface area contributed by atoms with E-state index in [1.54, 1.807) is 7.11 Å². The number of hydrogen-bond donors (Lipinski definition) is 0. The van der Waals surface area contributed by atoms with Crippen molar-refractivity contribution in [2.45, 2.75) is 12.3 Å². The number of ether oxygens (including phenoxy) is 1. The number of methoxy groups -OCH3 is 1. The first-order valence-corrected chi connectivity index (χ1v) is 8.90. The van der Waals surface area contributed by atoms with Gasteiger partial charge in [-0.15, -0.1) is 0 Å². The molecule has 0 spiro atoms. The van der Waals surface area contributed by atoms with Crippen LogP contribution in [0.1, 0.15) is 22.9 Å². The van der Waals surface area contributed by atoms with Crippen molar-refractivity contribution in [3.63, 3.8) is 0 Å². The van der Waals surface area contributed by atoms with E-state index in [0.29, 0.717) is 18.1 Å². The van der Waals surface area contributed by atoms with Crippen LogP contribution in [0.2, 0.25) is 0 Å². The average molecular weight is 356 g/mol. The van der Waals surface area contributed by atoms with E-state index in [2.05, 4.69) is 58.7 Å². The molecule has 0 radical (unpaired) electrons. The van der Waals surface area contributed by atoms with Gasteiger partial charge < -0.3 is 9.26 Å². The van der Waals surface area contributed by atoms with Crippen LogP contribution in [-0.4, -0.2) is 17.3 Å². The highest BCUT2D eigenvalue weighted by Gasteiger charge is 2.19. The second-order valence-corrected chi connectivity index (χ2v) is 6.32. The molecule has 1 heterocycles. The van der Waals surface area contributed by atoms with E-state index in [1.807, 2.05) is 36.4 Å². The Morgan fingerprint density at radius 3 is 1.96 bits per heavy atom. The van der Waals surface area contributed by atoms with Crippen molar-refractivity contribution in [3.05, 3.63) is 102 Å². The van der Waals surface area contributed by atoms with Gasteiger partial charge in [-0.1, -0.05) is 65.8 Å². The molecule has 27 heavy (non-hydrogen) atoms. The summed E-state index contributed by atoms with van der Waals surface area (Å²) in [5.41, 5.74) is 3.36. The lowest BCUT2D eigenvalue weighted by Gasteiger charge is -2.16. The second kappa shape index (κ2) is 7.87.